The molecule has 3 fully saturated rings. The highest BCUT2D eigenvalue weighted by Crippen LogP contribution is 2.47. The molecule has 2 aliphatic heterocycles. The zero-order valence-corrected chi connectivity index (χ0v) is 17.1. The lowest BCUT2D eigenvalue weighted by Crippen LogP contribution is -2.41. The minimum absolute atomic E-state index is 0.136. The van der Waals surface area contributed by atoms with E-state index < -0.39 is 0 Å². The van der Waals surface area contributed by atoms with Crippen LogP contribution in [0, 0.1) is 24.7 Å². The predicted octanol–water partition coefficient (Wildman–Crippen LogP) is 2.10. The van der Waals surface area contributed by atoms with Crippen molar-refractivity contribution in [2.45, 2.75) is 32.2 Å². The van der Waals surface area contributed by atoms with E-state index >= 15 is 0 Å². The van der Waals surface area contributed by atoms with E-state index in [1.54, 1.807) is 0 Å². The third-order valence-electron chi connectivity index (χ3n) is 6.56. The monoisotopic (exact) mass is 402 g/mol. The summed E-state index contributed by atoms with van der Waals surface area (Å²) in [5.74, 6) is 1.22. The number of nitrogens with zero attached hydrogens (tertiary/aromatic N) is 2. The summed E-state index contributed by atoms with van der Waals surface area (Å²) < 4.78 is 4.83. The number of fused-ring (bicyclic) bond motifs is 1. The van der Waals surface area contributed by atoms with Crippen LogP contribution in [0.1, 0.15) is 36.4 Å². The molecule has 1 aliphatic carbocycles. The fourth-order valence-electron chi connectivity index (χ4n) is 4.95. The van der Waals surface area contributed by atoms with Gasteiger partial charge in [-0.1, -0.05) is 30.7 Å². The first kappa shape index (κ1) is 21.3. The Morgan fingerprint density at radius 2 is 1.90 bits per heavy atom. The van der Waals surface area contributed by atoms with E-state index in [0.717, 1.165) is 32.5 Å². The van der Waals surface area contributed by atoms with Gasteiger partial charge in [-0.3, -0.25) is 19.3 Å². The molecule has 1 aromatic carbocycles. The Labute approximate surface area is 171 Å². The third-order valence-corrected chi connectivity index (χ3v) is 6.56. The van der Waals surface area contributed by atoms with E-state index in [1.165, 1.54) is 24.7 Å². The van der Waals surface area contributed by atoms with Crippen LogP contribution in [0.25, 0.3) is 0 Å². The summed E-state index contributed by atoms with van der Waals surface area (Å²) in [7, 11) is 1.44. The predicted molar refractivity (Wildman–Crippen MR) is 107 cm³/mol. The molecular formula is C22H30N2O5. The van der Waals surface area contributed by atoms with E-state index in [9.17, 15) is 9.59 Å². The molecule has 1 amide bonds. The van der Waals surface area contributed by atoms with Crippen LogP contribution in [0.15, 0.2) is 24.3 Å². The summed E-state index contributed by atoms with van der Waals surface area (Å²) in [5.41, 5.74) is 2.52. The zero-order valence-electron chi connectivity index (χ0n) is 17.1. The van der Waals surface area contributed by atoms with Gasteiger partial charge in [-0.2, -0.15) is 0 Å². The molecule has 4 rings (SSSR count). The van der Waals surface area contributed by atoms with Gasteiger partial charge in [0.15, 0.2) is 0 Å². The molecule has 2 heterocycles. The van der Waals surface area contributed by atoms with Gasteiger partial charge in [-0.05, 0) is 36.8 Å². The maximum absolute atomic E-state index is 13.1. The number of ether oxygens (including phenoxy) is 1. The highest BCUT2D eigenvalue weighted by atomic mass is 16.5. The van der Waals surface area contributed by atoms with Crippen molar-refractivity contribution < 1.29 is 24.2 Å². The summed E-state index contributed by atoms with van der Waals surface area (Å²) in [6, 6.07) is 8.57. The van der Waals surface area contributed by atoms with Crippen LogP contribution in [0.3, 0.4) is 0 Å². The first-order chi connectivity index (χ1) is 14.0. The van der Waals surface area contributed by atoms with Crippen molar-refractivity contribution in [2.24, 2.45) is 17.8 Å². The van der Waals surface area contributed by atoms with Crippen molar-refractivity contribution in [1.29, 1.82) is 0 Å². The fourth-order valence-corrected chi connectivity index (χ4v) is 4.95. The van der Waals surface area contributed by atoms with Gasteiger partial charge in [0.25, 0.3) is 6.47 Å². The van der Waals surface area contributed by atoms with Crippen LogP contribution in [-0.4, -0.2) is 66.5 Å². The molecular weight excluding hydrogens is 372 g/mol. The van der Waals surface area contributed by atoms with E-state index in [-0.39, 0.29) is 24.4 Å². The van der Waals surface area contributed by atoms with Gasteiger partial charge in [0.1, 0.15) is 0 Å². The maximum Gasteiger partial charge on any atom is 0.319 e. The average Bonchev–Trinajstić information content (AvgIpc) is 3.18. The molecule has 0 aromatic heterocycles. The number of hydrogen-bond acceptors (Lipinski definition) is 5. The lowest BCUT2D eigenvalue weighted by Gasteiger charge is -2.35. The number of rotatable bonds is 4. The number of amides is 1. The normalized spacial score (nSPS) is 26.1. The number of methoxy groups -OCH3 is 1. The Hall–Kier alpha value is -2.41. The van der Waals surface area contributed by atoms with Crippen molar-refractivity contribution in [3.63, 3.8) is 0 Å². The second-order valence-corrected chi connectivity index (χ2v) is 8.22. The summed E-state index contributed by atoms with van der Waals surface area (Å²) in [6.07, 6.45) is 3.26. The van der Waals surface area contributed by atoms with Crippen LogP contribution < -0.4 is 0 Å². The number of likely N-dealkylation sites (tertiary alicyclic amines) is 2. The van der Waals surface area contributed by atoms with Crippen LogP contribution in [0.2, 0.25) is 0 Å². The Kier molecular flexibility index (Phi) is 6.90. The number of carbonyl (C=O) groups is 3. The Morgan fingerprint density at radius 1 is 1.21 bits per heavy atom. The molecule has 0 bridgehead atoms. The number of carboxylic acid groups (broad SMARTS) is 1. The van der Waals surface area contributed by atoms with Crippen LogP contribution >= 0.6 is 0 Å². The average molecular weight is 402 g/mol. The molecule has 0 spiro atoms. The summed E-state index contributed by atoms with van der Waals surface area (Å²) in [6.45, 7) is 4.77. The largest absolute Gasteiger partial charge is 0.483 e. The number of aryl methyl sites for hydroxylation is 1. The van der Waals surface area contributed by atoms with Gasteiger partial charge in [-0.15, -0.1) is 0 Å². The molecule has 1 saturated carbocycles. The topological polar surface area (TPSA) is 87.2 Å². The molecule has 7 nitrogen and oxygen atoms in total. The number of esters is 1. The number of benzene rings is 1. The van der Waals surface area contributed by atoms with E-state index in [4.69, 9.17) is 14.6 Å². The number of hydrogen-bond donors (Lipinski definition) is 1. The Bertz CT molecular complexity index is 748. The van der Waals surface area contributed by atoms with Gasteiger partial charge in [0, 0.05) is 31.5 Å². The molecule has 158 valence electrons. The molecule has 1 aromatic rings. The van der Waals surface area contributed by atoms with Crippen molar-refractivity contribution in [1.82, 2.24) is 9.80 Å². The van der Waals surface area contributed by atoms with Gasteiger partial charge in [0.2, 0.25) is 5.91 Å². The van der Waals surface area contributed by atoms with E-state index in [0.29, 0.717) is 24.3 Å². The molecule has 29 heavy (non-hydrogen) atoms. The van der Waals surface area contributed by atoms with Gasteiger partial charge in [-0.25, -0.2) is 0 Å². The van der Waals surface area contributed by atoms with Crippen LogP contribution in [0.4, 0.5) is 0 Å². The lowest BCUT2D eigenvalue weighted by atomic mass is 9.83. The third kappa shape index (κ3) is 4.45. The van der Waals surface area contributed by atoms with Crippen molar-refractivity contribution in [2.75, 3.05) is 33.3 Å². The lowest BCUT2D eigenvalue weighted by molar-refractivity contribution is -0.143. The minimum atomic E-state index is -0.250. The Balaban J connectivity index is 0.000000755. The highest BCUT2D eigenvalue weighted by molar-refractivity contribution is 5.80. The standard InChI is InChI=1S/C21H28N2O3.CH2O2/c1-14-6-3-4-9-17(14)20-18-12-22(13-19(24)26-2)10-16(18)11-23(20)21(25)15-7-5-8-15;2-1-3/h3-4,6,9,15-16,18,20H,5,7-8,10-13H2,1-2H3;1H,(H,2,3)/t16-,18-,20+;/m0./s1. The maximum atomic E-state index is 13.1. The minimum Gasteiger partial charge on any atom is -0.483 e. The van der Waals surface area contributed by atoms with Gasteiger partial charge < -0.3 is 14.7 Å². The molecule has 3 atom stereocenters. The fraction of sp³-hybridized carbons (Fsp3) is 0.591. The first-order valence-corrected chi connectivity index (χ1v) is 10.2. The molecule has 0 unspecified atom stereocenters. The van der Waals surface area contributed by atoms with Crippen LogP contribution in [-0.2, 0) is 19.1 Å². The van der Waals surface area contributed by atoms with Crippen LogP contribution in [0.5, 0.6) is 0 Å². The quantitative estimate of drug-likeness (QED) is 0.613. The van der Waals surface area contributed by atoms with Crippen molar-refractivity contribution in [3.8, 4) is 0 Å². The molecule has 1 N–H and O–H groups in total. The highest BCUT2D eigenvalue weighted by Gasteiger charge is 2.50. The second kappa shape index (κ2) is 9.39. The second-order valence-electron chi connectivity index (χ2n) is 8.22. The zero-order chi connectivity index (χ0) is 21.0. The van der Waals surface area contributed by atoms with E-state index in [1.807, 2.05) is 0 Å². The SMILES string of the molecule is COC(=O)CN1C[C@H]2CN(C(=O)C3CCC3)[C@H](c3ccccc3C)[C@H]2C1.O=CO. The molecule has 2 saturated heterocycles. The Morgan fingerprint density at radius 3 is 2.48 bits per heavy atom. The van der Waals surface area contributed by atoms with Crippen molar-refractivity contribution >= 4 is 18.3 Å². The molecule has 7 heteroatoms. The van der Waals surface area contributed by atoms with Gasteiger partial charge in [0.05, 0.1) is 19.7 Å². The smallest absolute Gasteiger partial charge is 0.319 e. The van der Waals surface area contributed by atoms with Crippen molar-refractivity contribution in [3.05, 3.63) is 35.4 Å². The number of carbonyl (C=O) groups excluding carboxylic acids is 2. The molecule has 3 aliphatic rings. The summed E-state index contributed by atoms with van der Waals surface area (Å²) in [4.78, 5) is 37.5. The molecule has 0 radical (unpaired) electrons. The van der Waals surface area contributed by atoms with E-state index in [2.05, 4.69) is 41.0 Å². The first-order valence-electron chi connectivity index (χ1n) is 10.2. The summed E-state index contributed by atoms with van der Waals surface area (Å²) in [5, 5.41) is 6.89. The summed E-state index contributed by atoms with van der Waals surface area (Å²) >= 11 is 0. The van der Waals surface area contributed by atoms with Gasteiger partial charge >= 0.3 is 5.97 Å².